The van der Waals surface area contributed by atoms with Gasteiger partial charge >= 0.3 is 6.18 Å². The molecule has 4 atom stereocenters. The maximum atomic E-state index is 14.6. The summed E-state index contributed by atoms with van der Waals surface area (Å²) in [7, 11) is 0. The Morgan fingerprint density at radius 2 is 2.00 bits per heavy atom. The first-order chi connectivity index (χ1) is 10.0. The van der Waals surface area contributed by atoms with E-state index < -0.39 is 52.1 Å². The normalized spacial score (nSPS) is 32.4. The Kier molecular flexibility index (Phi) is 4.43. The number of aliphatic hydroxyl groups is 2. The Hall–Kier alpha value is -0.950. The van der Waals surface area contributed by atoms with Gasteiger partial charge in [0, 0.05) is 6.20 Å². The smallest absolute Gasteiger partial charge is 0.394 e. The number of hydrogen-bond acceptors (Lipinski definition) is 5. The molecule has 0 radical (unpaired) electrons. The number of halogens is 5. The fourth-order valence-corrected chi connectivity index (χ4v) is 2.57. The van der Waals surface area contributed by atoms with Crippen molar-refractivity contribution in [1.82, 2.24) is 9.55 Å². The molecule has 1 saturated heterocycles. The van der Waals surface area contributed by atoms with Crippen LogP contribution in [0.25, 0.3) is 0 Å². The predicted molar refractivity (Wildman–Crippen MR) is 67.3 cm³/mol. The Balaban J connectivity index is 2.65. The number of ether oxygens (including phenoxy) is 1. The highest BCUT2D eigenvalue weighted by Gasteiger charge is 2.72. The standard InChI is InChI=1S/C10H9F5N2O3S2/c11-3-1-17(8(22)16-6(3)21)7-9(12,10(13,14)15)5(19)4(2-18)20-7/h1,4-5,7,18-19H,2H2,(H,16,21,22). The largest absolute Gasteiger partial charge is 0.429 e. The summed E-state index contributed by atoms with van der Waals surface area (Å²) >= 11 is 9.21. The molecule has 1 aliphatic heterocycles. The summed E-state index contributed by atoms with van der Waals surface area (Å²) in [6, 6.07) is 0. The summed E-state index contributed by atoms with van der Waals surface area (Å²) in [4.78, 5) is 2.08. The van der Waals surface area contributed by atoms with Crippen LogP contribution >= 0.6 is 24.4 Å². The summed E-state index contributed by atoms with van der Waals surface area (Å²) < 4.78 is 71.3. The van der Waals surface area contributed by atoms with Gasteiger partial charge < -0.3 is 19.9 Å². The molecule has 5 nitrogen and oxygen atoms in total. The number of aromatic nitrogens is 2. The molecule has 0 amide bonds. The van der Waals surface area contributed by atoms with Gasteiger partial charge in [0.1, 0.15) is 16.8 Å². The molecule has 0 bridgehead atoms. The van der Waals surface area contributed by atoms with E-state index in [1.54, 1.807) is 0 Å². The van der Waals surface area contributed by atoms with E-state index in [1.165, 1.54) is 0 Å². The van der Waals surface area contributed by atoms with Gasteiger partial charge in [-0.15, -0.1) is 0 Å². The second-order valence-corrected chi connectivity index (χ2v) is 5.36. The van der Waals surface area contributed by atoms with Crippen molar-refractivity contribution in [3.05, 3.63) is 21.4 Å². The van der Waals surface area contributed by atoms with Crippen molar-refractivity contribution in [2.24, 2.45) is 0 Å². The van der Waals surface area contributed by atoms with Gasteiger partial charge in [-0.1, -0.05) is 12.2 Å². The average Bonchev–Trinajstić information content (AvgIpc) is 2.67. The molecule has 3 N–H and O–H groups in total. The molecular formula is C10H9F5N2O3S2. The van der Waals surface area contributed by atoms with Gasteiger partial charge in [-0.25, -0.2) is 8.78 Å². The third-order valence-electron chi connectivity index (χ3n) is 3.24. The minimum Gasteiger partial charge on any atom is -0.394 e. The molecule has 0 aromatic carbocycles. The van der Waals surface area contributed by atoms with Crippen LogP contribution in [0, 0.1) is 15.2 Å². The summed E-state index contributed by atoms with van der Waals surface area (Å²) in [6.45, 7) is -1.07. The van der Waals surface area contributed by atoms with Gasteiger partial charge in [0.05, 0.1) is 6.61 Å². The average molecular weight is 364 g/mol. The molecule has 2 rings (SSSR count). The molecule has 1 aromatic rings. The number of aliphatic hydroxyl groups excluding tert-OH is 2. The Labute approximate surface area is 130 Å². The molecule has 22 heavy (non-hydrogen) atoms. The van der Waals surface area contributed by atoms with Crippen molar-refractivity contribution in [3.63, 3.8) is 0 Å². The SMILES string of the molecule is OCC1OC(n2cc(F)c(=S)[nH]c2=S)C(F)(C(F)(F)F)C1O. The second kappa shape index (κ2) is 5.60. The fourth-order valence-electron chi connectivity index (χ4n) is 2.11. The van der Waals surface area contributed by atoms with Crippen LogP contribution in [-0.4, -0.2) is 50.4 Å². The summed E-state index contributed by atoms with van der Waals surface area (Å²) in [5.41, 5.74) is -4.29. The number of alkyl halides is 4. The quantitative estimate of drug-likeness (QED) is 0.553. The third kappa shape index (κ3) is 2.48. The first-order valence-electron chi connectivity index (χ1n) is 5.75. The van der Waals surface area contributed by atoms with E-state index in [9.17, 15) is 27.1 Å². The molecule has 0 aliphatic carbocycles. The van der Waals surface area contributed by atoms with E-state index in [4.69, 9.17) is 22.1 Å². The predicted octanol–water partition coefficient (Wildman–Crippen LogP) is 1.94. The zero-order valence-corrected chi connectivity index (χ0v) is 12.1. The van der Waals surface area contributed by atoms with Crippen molar-refractivity contribution in [2.75, 3.05) is 6.61 Å². The molecule has 2 heterocycles. The van der Waals surface area contributed by atoms with Crippen LogP contribution in [0.15, 0.2) is 6.20 Å². The summed E-state index contributed by atoms with van der Waals surface area (Å²) in [6.07, 6.45) is -12.2. The first-order valence-corrected chi connectivity index (χ1v) is 6.56. The Bertz CT molecular complexity index is 690. The second-order valence-electron chi connectivity index (χ2n) is 4.56. The van der Waals surface area contributed by atoms with Crippen LogP contribution in [0.3, 0.4) is 0 Å². The van der Waals surface area contributed by atoms with Crippen molar-refractivity contribution < 1.29 is 36.9 Å². The molecular weight excluding hydrogens is 355 g/mol. The minimum atomic E-state index is -5.56. The van der Waals surface area contributed by atoms with E-state index >= 15 is 0 Å². The van der Waals surface area contributed by atoms with Gasteiger partial charge in [-0.05, 0) is 12.2 Å². The number of rotatable bonds is 2. The van der Waals surface area contributed by atoms with Crippen LogP contribution in [0.4, 0.5) is 22.0 Å². The lowest BCUT2D eigenvalue weighted by molar-refractivity contribution is -0.274. The lowest BCUT2D eigenvalue weighted by Gasteiger charge is -2.31. The van der Waals surface area contributed by atoms with Crippen LogP contribution in [0.2, 0.25) is 0 Å². The van der Waals surface area contributed by atoms with Crippen LogP contribution in [-0.2, 0) is 4.74 Å². The molecule has 4 unspecified atom stereocenters. The Morgan fingerprint density at radius 1 is 1.41 bits per heavy atom. The van der Waals surface area contributed by atoms with Crippen molar-refractivity contribution in [1.29, 1.82) is 0 Å². The van der Waals surface area contributed by atoms with E-state index in [1.807, 2.05) is 0 Å². The Morgan fingerprint density at radius 3 is 2.50 bits per heavy atom. The van der Waals surface area contributed by atoms with E-state index in [-0.39, 0.29) is 0 Å². The maximum Gasteiger partial charge on any atom is 0.429 e. The molecule has 124 valence electrons. The molecule has 1 aromatic heterocycles. The topological polar surface area (TPSA) is 70.4 Å². The number of hydrogen-bond donors (Lipinski definition) is 3. The number of nitrogens with zero attached hydrogens (tertiary/aromatic N) is 1. The molecule has 1 fully saturated rings. The highest BCUT2D eigenvalue weighted by atomic mass is 32.1. The molecule has 0 saturated carbocycles. The van der Waals surface area contributed by atoms with E-state index in [2.05, 4.69) is 17.2 Å². The highest BCUT2D eigenvalue weighted by molar-refractivity contribution is 7.72. The zero-order chi connectivity index (χ0) is 16.9. The number of nitrogens with one attached hydrogen (secondary N) is 1. The highest BCUT2D eigenvalue weighted by Crippen LogP contribution is 2.51. The van der Waals surface area contributed by atoms with Gasteiger partial charge in [-0.2, -0.15) is 13.2 Å². The summed E-state index contributed by atoms with van der Waals surface area (Å²) in [5, 5.41) is 18.5. The molecule has 0 spiro atoms. The van der Waals surface area contributed by atoms with E-state index in [0.717, 1.165) is 0 Å². The van der Waals surface area contributed by atoms with Gasteiger partial charge in [-0.3, -0.25) is 4.57 Å². The lowest BCUT2D eigenvalue weighted by Crippen LogP contribution is -2.54. The van der Waals surface area contributed by atoms with Gasteiger partial charge in [0.2, 0.25) is 0 Å². The monoisotopic (exact) mass is 364 g/mol. The third-order valence-corrected chi connectivity index (χ3v) is 3.85. The van der Waals surface area contributed by atoms with Crippen molar-refractivity contribution >= 4 is 24.4 Å². The van der Waals surface area contributed by atoms with Crippen LogP contribution < -0.4 is 0 Å². The number of aromatic amines is 1. The number of H-pyrrole nitrogens is 1. The van der Waals surface area contributed by atoms with Gasteiger partial charge in [0.25, 0.3) is 5.67 Å². The van der Waals surface area contributed by atoms with Crippen molar-refractivity contribution in [3.8, 4) is 0 Å². The van der Waals surface area contributed by atoms with Crippen LogP contribution in [0.1, 0.15) is 6.23 Å². The fraction of sp³-hybridized carbons (Fsp3) is 0.600. The van der Waals surface area contributed by atoms with E-state index in [0.29, 0.717) is 10.8 Å². The molecule has 12 heteroatoms. The molecule has 1 aliphatic rings. The maximum absolute atomic E-state index is 14.6. The minimum absolute atomic E-state index is 0.326. The lowest BCUT2D eigenvalue weighted by atomic mass is 9.95. The zero-order valence-electron chi connectivity index (χ0n) is 10.5. The van der Waals surface area contributed by atoms with Crippen LogP contribution in [0.5, 0.6) is 0 Å². The van der Waals surface area contributed by atoms with Gasteiger partial charge in [0.15, 0.2) is 16.8 Å². The summed E-state index contributed by atoms with van der Waals surface area (Å²) in [5.74, 6) is -1.15. The van der Waals surface area contributed by atoms with Crippen molar-refractivity contribution in [2.45, 2.75) is 30.3 Å². The first kappa shape index (κ1) is 17.4.